The van der Waals surface area contributed by atoms with Crippen LogP contribution in [0.1, 0.15) is 52.4 Å². The maximum Gasteiger partial charge on any atom is 0.190 e. The molecule has 0 aliphatic heterocycles. The Morgan fingerprint density at radius 1 is 1.32 bits per heavy atom. The zero-order valence-electron chi connectivity index (χ0n) is 16.4. The number of hydrogen-bond donors (Lipinski definition) is 3. The van der Waals surface area contributed by atoms with Crippen LogP contribution in [-0.4, -0.2) is 45.2 Å². The van der Waals surface area contributed by atoms with Crippen molar-refractivity contribution in [2.45, 2.75) is 64.1 Å². The number of allylic oxidation sites excluding steroid dienone is 4. The number of hydrogen-bond acceptors (Lipinski definition) is 5. The van der Waals surface area contributed by atoms with Crippen LogP contribution in [0, 0.1) is 28.6 Å². The first-order valence-electron chi connectivity index (χ1n) is 10.3. The van der Waals surface area contributed by atoms with E-state index in [2.05, 4.69) is 0 Å². The fraction of sp³-hybridized carbons (Fsp3) is 0.727. The third-order valence-corrected chi connectivity index (χ3v) is 8.71. The number of carbonyl (C=O) groups is 2. The number of carbonyl (C=O) groups excluding carboxylic acids is 2. The van der Waals surface area contributed by atoms with Crippen LogP contribution in [0.2, 0.25) is 0 Å². The first-order chi connectivity index (χ1) is 13.2. The molecule has 154 valence electrons. The second-order valence-electron chi connectivity index (χ2n) is 9.36. The first kappa shape index (κ1) is 19.9. The van der Waals surface area contributed by atoms with Gasteiger partial charge in [0.25, 0.3) is 0 Å². The van der Waals surface area contributed by atoms with Crippen molar-refractivity contribution in [1.82, 2.24) is 0 Å². The van der Waals surface area contributed by atoms with Gasteiger partial charge in [-0.15, -0.1) is 0 Å². The molecule has 7 atom stereocenters. The topological polar surface area (TPSA) is 94.8 Å². The molecule has 28 heavy (non-hydrogen) atoms. The lowest BCUT2D eigenvalue weighted by Crippen LogP contribution is -2.63. The number of ketones is 2. The van der Waals surface area contributed by atoms with Gasteiger partial charge >= 0.3 is 0 Å². The van der Waals surface area contributed by atoms with Gasteiger partial charge in [-0.05, 0) is 63.4 Å². The fourth-order valence-corrected chi connectivity index (χ4v) is 7.44. The number of fused-ring (bicyclic) bond motifs is 5. The summed E-state index contributed by atoms with van der Waals surface area (Å²) in [6, 6.07) is 0. The van der Waals surface area contributed by atoms with Crippen LogP contribution in [0.3, 0.4) is 0 Å². The number of rotatable bonds is 3. The summed E-state index contributed by atoms with van der Waals surface area (Å²) in [4.78, 5) is 24.3. The van der Waals surface area contributed by atoms with E-state index < -0.39 is 46.7 Å². The zero-order valence-corrected chi connectivity index (χ0v) is 16.4. The second kappa shape index (κ2) is 6.31. The lowest BCUT2D eigenvalue weighted by atomic mass is 9.45. The molecule has 0 heterocycles. The molecule has 0 radical (unpaired) electrons. The van der Waals surface area contributed by atoms with Crippen LogP contribution in [-0.2, 0) is 9.59 Å². The molecule has 1 unspecified atom stereocenters. The quantitative estimate of drug-likeness (QED) is 0.685. The summed E-state index contributed by atoms with van der Waals surface area (Å²) < 4.78 is 15.1. The average Bonchev–Trinajstić information content (AvgIpc) is 2.96. The molecule has 4 aliphatic carbocycles. The van der Waals surface area contributed by atoms with Crippen LogP contribution >= 0.6 is 0 Å². The van der Waals surface area contributed by atoms with Crippen molar-refractivity contribution in [1.29, 1.82) is 0 Å². The number of Topliss-reactive ketones (excluding diaryl/α,β-unsaturated/α-hetero) is 1. The smallest absolute Gasteiger partial charge is 0.190 e. The molecule has 0 amide bonds. The van der Waals surface area contributed by atoms with Gasteiger partial charge in [0.1, 0.15) is 18.0 Å². The van der Waals surface area contributed by atoms with E-state index in [1.165, 1.54) is 6.08 Å². The molecule has 5 nitrogen and oxygen atoms in total. The molecule has 4 rings (SSSR count). The summed E-state index contributed by atoms with van der Waals surface area (Å²) >= 11 is 0. The molecular formula is C22H29FO5. The molecule has 3 saturated carbocycles. The van der Waals surface area contributed by atoms with Gasteiger partial charge in [0.2, 0.25) is 0 Å². The highest BCUT2D eigenvalue weighted by atomic mass is 19.1. The average molecular weight is 392 g/mol. The van der Waals surface area contributed by atoms with Gasteiger partial charge < -0.3 is 15.3 Å². The van der Waals surface area contributed by atoms with Crippen molar-refractivity contribution in [2.24, 2.45) is 28.6 Å². The SMILES string of the molecule is CC[C@]12CC(O)[C@H]3[C@@H](CCC4=CC(=O)C=C(F)[C@@]43C)[C@@H]1CC[C@]2(O)C(=O)CO. The third-order valence-electron chi connectivity index (χ3n) is 8.71. The summed E-state index contributed by atoms with van der Waals surface area (Å²) in [5, 5.41) is 32.0. The van der Waals surface area contributed by atoms with E-state index in [9.17, 15) is 24.9 Å². The third kappa shape index (κ3) is 2.22. The van der Waals surface area contributed by atoms with Crippen molar-refractivity contribution in [2.75, 3.05) is 6.61 Å². The molecule has 0 spiro atoms. The molecule has 0 aromatic carbocycles. The standard InChI is InChI=1S/C22H29FO5/c1-3-21-10-16(26)19-14(15(21)6-7-22(21,28)18(27)11-24)5-4-12-8-13(25)9-17(23)20(12,19)2/h8-9,14-16,19,24,26,28H,3-7,10-11H2,1-2H3/t14-,15-,16?,19+,20+,21-,22-/m0/s1. The van der Waals surface area contributed by atoms with Gasteiger partial charge in [-0.25, -0.2) is 4.39 Å². The van der Waals surface area contributed by atoms with E-state index >= 15 is 4.39 Å². The van der Waals surface area contributed by atoms with E-state index in [4.69, 9.17) is 0 Å². The molecule has 3 fully saturated rings. The molecule has 6 heteroatoms. The molecule has 0 saturated heterocycles. The van der Waals surface area contributed by atoms with Crippen LogP contribution in [0.5, 0.6) is 0 Å². The molecule has 0 bridgehead atoms. The maximum absolute atomic E-state index is 15.1. The molecule has 0 aromatic heterocycles. The number of aliphatic hydroxyl groups is 3. The molecular weight excluding hydrogens is 363 g/mol. The second-order valence-corrected chi connectivity index (χ2v) is 9.36. The Morgan fingerprint density at radius 3 is 2.68 bits per heavy atom. The van der Waals surface area contributed by atoms with Crippen molar-refractivity contribution < 1.29 is 29.3 Å². The van der Waals surface area contributed by atoms with Gasteiger partial charge in [-0.2, -0.15) is 0 Å². The van der Waals surface area contributed by atoms with Crippen LogP contribution in [0.25, 0.3) is 0 Å². The summed E-state index contributed by atoms with van der Waals surface area (Å²) in [5.41, 5.74) is -2.74. The minimum absolute atomic E-state index is 0.0322. The van der Waals surface area contributed by atoms with E-state index in [1.807, 2.05) is 6.92 Å². The first-order valence-corrected chi connectivity index (χ1v) is 10.3. The molecule has 3 N–H and O–H groups in total. The minimum Gasteiger partial charge on any atom is -0.393 e. The van der Waals surface area contributed by atoms with Gasteiger partial charge in [0.05, 0.1) is 6.10 Å². The minimum atomic E-state index is -1.65. The van der Waals surface area contributed by atoms with Gasteiger partial charge in [-0.3, -0.25) is 9.59 Å². The van der Waals surface area contributed by atoms with Gasteiger partial charge in [0, 0.05) is 22.8 Å². The predicted molar refractivity (Wildman–Crippen MR) is 99.7 cm³/mol. The summed E-state index contributed by atoms with van der Waals surface area (Å²) in [5.74, 6) is -1.91. The Labute approximate surface area is 164 Å². The Balaban J connectivity index is 1.80. The van der Waals surface area contributed by atoms with E-state index in [0.29, 0.717) is 25.7 Å². The highest BCUT2D eigenvalue weighted by Crippen LogP contribution is 2.69. The summed E-state index contributed by atoms with van der Waals surface area (Å²) in [6.45, 7) is 2.96. The Kier molecular flexibility index (Phi) is 4.49. The van der Waals surface area contributed by atoms with Gasteiger partial charge in [0.15, 0.2) is 11.6 Å². The fourth-order valence-electron chi connectivity index (χ4n) is 7.44. The van der Waals surface area contributed by atoms with Crippen molar-refractivity contribution >= 4 is 11.6 Å². The highest BCUT2D eigenvalue weighted by molar-refractivity contribution is 6.01. The Morgan fingerprint density at radius 2 is 2.04 bits per heavy atom. The van der Waals surface area contributed by atoms with Crippen LogP contribution in [0.4, 0.5) is 4.39 Å². The van der Waals surface area contributed by atoms with Crippen molar-refractivity contribution in [3.63, 3.8) is 0 Å². The highest BCUT2D eigenvalue weighted by Gasteiger charge is 2.69. The van der Waals surface area contributed by atoms with E-state index in [-0.39, 0.29) is 30.5 Å². The molecule has 0 aromatic rings. The summed E-state index contributed by atoms with van der Waals surface area (Å²) in [7, 11) is 0. The molecule has 4 aliphatic rings. The Bertz CT molecular complexity index is 788. The monoisotopic (exact) mass is 392 g/mol. The predicted octanol–water partition coefficient (Wildman–Crippen LogP) is 2.24. The lowest BCUT2D eigenvalue weighted by molar-refractivity contribution is -0.186. The van der Waals surface area contributed by atoms with E-state index in [0.717, 1.165) is 11.6 Å². The normalized spacial score (nSPS) is 47.6. The summed E-state index contributed by atoms with van der Waals surface area (Å²) in [6.07, 6.45) is 4.48. The van der Waals surface area contributed by atoms with Crippen molar-refractivity contribution in [3.8, 4) is 0 Å². The Hall–Kier alpha value is -1.37. The van der Waals surface area contributed by atoms with Crippen molar-refractivity contribution in [3.05, 3.63) is 23.6 Å². The largest absolute Gasteiger partial charge is 0.393 e. The van der Waals surface area contributed by atoms with Crippen LogP contribution in [0.15, 0.2) is 23.6 Å². The number of aliphatic hydroxyl groups excluding tert-OH is 2. The number of halogens is 1. The van der Waals surface area contributed by atoms with Gasteiger partial charge in [-0.1, -0.05) is 12.5 Å². The van der Waals surface area contributed by atoms with E-state index in [1.54, 1.807) is 6.92 Å². The zero-order chi connectivity index (χ0) is 20.5. The lowest BCUT2D eigenvalue weighted by Gasteiger charge is -2.60. The van der Waals surface area contributed by atoms with Crippen LogP contribution < -0.4 is 0 Å². The maximum atomic E-state index is 15.1.